The van der Waals surface area contributed by atoms with Crippen LogP contribution in [0.4, 0.5) is 0 Å². The van der Waals surface area contributed by atoms with E-state index in [0.29, 0.717) is 6.61 Å². The van der Waals surface area contributed by atoms with Crippen molar-refractivity contribution in [3.63, 3.8) is 0 Å². The molecule has 0 saturated heterocycles. The van der Waals surface area contributed by atoms with Gasteiger partial charge in [-0.3, -0.25) is 4.98 Å². The van der Waals surface area contributed by atoms with Crippen molar-refractivity contribution in [1.82, 2.24) is 4.98 Å². The molecule has 0 amide bonds. The fraction of sp³-hybridized carbons (Fsp3) is 0.118. The van der Waals surface area contributed by atoms with Gasteiger partial charge in [0.1, 0.15) is 12.4 Å². The molecule has 100 valence electrons. The highest BCUT2D eigenvalue weighted by molar-refractivity contribution is 9.10. The maximum Gasteiger partial charge on any atom is 0.130 e. The Morgan fingerprint density at radius 1 is 1.05 bits per heavy atom. The number of hydrogen-bond donors (Lipinski definition) is 0. The summed E-state index contributed by atoms with van der Waals surface area (Å²) in [5.74, 6) is 0.866. The predicted octanol–water partition coefficient (Wildman–Crippen LogP) is 4.88. The van der Waals surface area contributed by atoms with Gasteiger partial charge in [0.05, 0.1) is 5.69 Å². The monoisotopic (exact) mass is 327 g/mol. The van der Waals surface area contributed by atoms with Crippen molar-refractivity contribution < 1.29 is 4.74 Å². The van der Waals surface area contributed by atoms with Crippen LogP contribution >= 0.6 is 15.9 Å². The number of ether oxygens (including phenoxy) is 1. The molecule has 1 aromatic heterocycles. The summed E-state index contributed by atoms with van der Waals surface area (Å²) >= 11 is 3.48. The third kappa shape index (κ3) is 2.83. The van der Waals surface area contributed by atoms with Crippen LogP contribution in [0.15, 0.2) is 59.2 Å². The van der Waals surface area contributed by atoms with Crippen LogP contribution in [-0.4, -0.2) is 4.98 Å². The highest BCUT2D eigenvalue weighted by atomic mass is 79.9. The van der Waals surface area contributed by atoms with Crippen LogP contribution in [0.1, 0.15) is 11.3 Å². The fourth-order valence-electron chi connectivity index (χ4n) is 2.11. The highest BCUT2D eigenvalue weighted by Gasteiger charge is 2.02. The van der Waals surface area contributed by atoms with Gasteiger partial charge in [0.25, 0.3) is 0 Å². The largest absolute Gasteiger partial charge is 0.487 e. The van der Waals surface area contributed by atoms with Gasteiger partial charge in [-0.1, -0.05) is 34.1 Å². The molecule has 0 aliphatic heterocycles. The Bertz CT molecular complexity index is 755. The van der Waals surface area contributed by atoms with Crippen LogP contribution in [0.25, 0.3) is 10.8 Å². The molecule has 20 heavy (non-hydrogen) atoms. The molecule has 0 saturated carbocycles. The molecule has 0 bridgehead atoms. The second-order valence-electron chi connectivity index (χ2n) is 4.71. The number of halogens is 1. The zero-order chi connectivity index (χ0) is 13.9. The quantitative estimate of drug-likeness (QED) is 0.683. The Kier molecular flexibility index (Phi) is 3.70. The first-order chi connectivity index (χ1) is 9.72. The summed E-state index contributed by atoms with van der Waals surface area (Å²) in [5.41, 5.74) is 2.13. The summed E-state index contributed by atoms with van der Waals surface area (Å²) in [6, 6.07) is 16.3. The first kappa shape index (κ1) is 13.1. The van der Waals surface area contributed by atoms with Crippen molar-refractivity contribution in [3.05, 3.63) is 70.5 Å². The molecule has 0 radical (unpaired) electrons. The minimum atomic E-state index is 0.495. The van der Waals surface area contributed by atoms with Crippen molar-refractivity contribution >= 4 is 26.7 Å². The molecule has 2 nitrogen and oxygen atoms in total. The minimum absolute atomic E-state index is 0.495. The predicted molar refractivity (Wildman–Crippen MR) is 85.0 cm³/mol. The number of aromatic nitrogens is 1. The van der Waals surface area contributed by atoms with Crippen LogP contribution < -0.4 is 4.74 Å². The number of hydrogen-bond acceptors (Lipinski definition) is 2. The lowest BCUT2D eigenvalue weighted by molar-refractivity contribution is 0.301. The van der Waals surface area contributed by atoms with E-state index in [-0.39, 0.29) is 0 Å². The van der Waals surface area contributed by atoms with E-state index in [1.807, 2.05) is 31.2 Å². The Balaban J connectivity index is 1.81. The van der Waals surface area contributed by atoms with E-state index >= 15 is 0 Å². The van der Waals surface area contributed by atoms with E-state index in [4.69, 9.17) is 4.74 Å². The minimum Gasteiger partial charge on any atom is -0.487 e. The van der Waals surface area contributed by atoms with Gasteiger partial charge >= 0.3 is 0 Å². The fourth-order valence-corrected chi connectivity index (χ4v) is 2.48. The Morgan fingerprint density at radius 2 is 1.85 bits per heavy atom. The molecular weight excluding hydrogens is 314 g/mol. The second-order valence-corrected chi connectivity index (χ2v) is 5.62. The van der Waals surface area contributed by atoms with Gasteiger partial charge in [0.2, 0.25) is 0 Å². The highest BCUT2D eigenvalue weighted by Crippen LogP contribution is 2.24. The van der Waals surface area contributed by atoms with E-state index in [0.717, 1.165) is 21.5 Å². The molecule has 3 aromatic rings. The molecule has 0 aliphatic rings. The first-order valence-electron chi connectivity index (χ1n) is 6.45. The first-order valence-corrected chi connectivity index (χ1v) is 7.24. The van der Waals surface area contributed by atoms with Gasteiger partial charge in [-0.05, 0) is 53.6 Å². The molecule has 2 aromatic carbocycles. The molecule has 3 heteroatoms. The Hall–Kier alpha value is -1.87. The number of aryl methyl sites for hydroxylation is 1. The van der Waals surface area contributed by atoms with Crippen LogP contribution in [0, 0.1) is 6.92 Å². The smallest absolute Gasteiger partial charge is 0.130 e. The van der Waals surface area contributed by atoms with Crippen LogP contribution in [0.3, 0.4) is 0 Å². The molecule has 0 spiro atoms. The van der Waals surface area contributed by atoms with E-state index in [1.165, 1.54) is 10.8 Å². The van der Waals surface area contributed by atoms with E-state index < -0.39 is 0 Å². The molecule has 0 N–H and O–H groups in total. The van der Waals surface area contributed by atoms with Gasteiger partial charge in [-0.25, -0.2) is 0 Å². The maximum atomic E-state index is 5.84. The lowest BCUT2D eigenvalue weighted by Gasteiger charge is -2.08. The Labute approximate surface area is 126 Å². The zero-order valence-corrected chi connectivity index (χ0v) is 12.7. The van der Waals surface area contributed by atoms with Crippen LogP contribution in [-0.2, 0) is 6.61 Å². The molecule has 1 heterocycles. The normalized spacial score (nSPS) is 10.7. The average molecular weight is 328 g/mol. The van der Waals surface area contributed by atoms with Gasteiger partial charge in [-0.15, -0.1) is 0 Å². The summed E-state index contributed by atoms with van der Waals surface area (Å²) < 4.78 is 6.92. The molecule has 0 unspecified atom stereocenters. The molecule has 0 aliphatic carbocycles. The third-order valence-corrected chi connectivity index (χ3v) is 3.76. The van der Waals surface area contributed by atoms with E-state index in [2.05, 4.69) is 45.2 Å². The van der Waals surface area contributed by atoms with Gasteiger partial charge in [-0.2, -0.15) is 0 Å². The molecule has 0 atom stereocenters. The van der Waals surface area contributed by atoms with Gasteiger partial charge in [0.15, 0.2) is 0 Å². The summed E-state index contributed by atoms with van der Waals surface area (Å²) in [6.45, 7) is 2.54. The van der Waals surface area contributed by atoms with Crippen molar-refractivity contribution in [2.75, 3.05) is 0 Å². The average Bonchev–Trinajstić information content (AvgIpc) is 2.46. The van der Waals surface area contributed by atoms with Crippen molar-refractivity contribution in [2.45, 2.75) is 13.5 Å². The number of pyridine rings is 1. The lowest BCUT2D eigenvalue weighted by atomic mass is 10.1. The number of benzene rings is 2. The number of fused-ring (bicyclic) bond motifs is 1. The Morgan fingerprint density at radius 3 is 2.70 bits per heavy atom. The summed E-state index contributed by atoms with van der Waals surface area (Å²) in [4.78, 5) is 4.34. The van der Waals surface area contributed by atoms with Crippen LogP contribution in [0.2, 0.25) is 0 Å². The van der Waals surface area contributed by atoms with E-state index in [1.54, 1.807) is 6.20 Å². The van der Waals surface area contributed by atoms with Crippen LogP contribution in [0.5, 0.6) is 5.75 Å². The molecule has 0 fully saturated rings. The van der Waals surface area contributed by atoms with Crippen molar-refractivity contribution in [3.8, 4) is 5.75 Å². The summed E-state index contributed by atoms with van der Waals surface area (Å²) in [5, 5.41) is 2.36. The molecule has 3 rings (SSSR count). The zero-order valence-electron chi connectivity index (χ0n) is 11.1. The molecular formula is C17H14BrNO. The topological polar surface area (TPSA) is 22.1 Å². The van der Waals surface area contributed by atoms with E-state index in [9.17, 15) is 0 Å². The summed E-state index contributed by atoms with van der Waals surface area (Å²) in [6.07, 6.45) is 1.80. The third-order valence-electron chi connectivity index (χ3n) is 3.27. The number of nitrogens with zero attached hydrogens (tertiary/aromatic N) is 1. The van der Waals surface area contributed by atoms with Gasteiger partial charge < -0.3 is 4.74 Å². The maximum absolute atomic E-state index is 5.84. The lowest BCUT2D eigenvalue weighted by Crippen LogP contribution is -2.00. The SMILES string of the molecule is Cc1cccnc1COc1ccc2cc(Br)ccc2c1. The number of rotatable bonds is 3. The van der Waals surface area contributed by atoms with Crippen molar-refractivity contribution in [1.29, 1.82) is 0 Å². The summed E-state index contributed by atoms with van der Waals surface area (Å²) in [7, 11) is 0. The second kappa shape index (κ2) is 5.63. The standard InChI is InChI=1S/C17H14BrNO/c1-12-3-2-8-19-17(12)11-20-16-7-5-13-9-15(18)6-4-14(13)10-16/h2-10H,11H2,1H3. The van der Waals surface area contributed by atoms with Gasteiger partial charge in [0, 0.05) is 10.7 Å². The van der Waals surface area contributed by atoms with Crippen molar-refractivity contribution in [2.24, 2.45) is 0 Å².